The van der Waals surface area contributed by atoms with Crippen molar-refractivity contribution < 1.29 is 47.7 Å². The lowest BCUT2D eigenvalue weighted by Crippen LogP contribution is -2.48. The SMILES string of the molecule is CN(C)C(=O)[C@H](CCCN(C(=O)c1ccc2c(c1)CCO2)c1ccnc(Cl)n1)NC(=O)OC(C)(C)C.CN(C)C(=O)[C@H](CCCNc1ccnc(Cl)n1)NC(=O)OC(C)(C)C.O=C(Cl)c1ccc2c(c1)CCO2. The van der Waals surface area contributed by atoms with E-state index in [0.29, 0.717) is 61.8 Å². The molecule has 3 N–H and O–H groups in total. The first-order valence-electron chi connectivity index (χ1n) is 23.5. The molecule has 0 bridgehead atoms. The van der Waals surface area contributed by atoms with Crippen molar-refractivity contribution in [3.63, 3.8) is 0 Å². The molecule has 396 valence electrons. The van der Waals surface area contributed by atoms with Gasteiger partial charge in [-0.2, -0.15) is 0 Å². The van der Waals surface area contributed by atoms with Crippen LogP contribution in [-0.4, -0.2) is 143 Å². The standard InChI is InChI=1S/C25H32ClN5O5.C16H26ClN5O3.C9H7ClO2/c1-25(2,3)36-24(34)28-18(22(33)30(4)5)7-6-13-31(20-10-12-27-23(26)29-20)21(32)17-8-9-19-16(15-17)11-14-35-19;1-16(2,3)25-15(24)20-11(13(23)22(4)5)7-6-9-18-12-8-10-19-14(17)21-12;10-9(11)7-1-2-8-6(5-7)3-4-12-8/h8-10,12,15,18H,6-7,11,13-14H2,1-5H3,(H,28,34);8,10-11H,6-7,9H2,1-5H3,(H,20,24)(H,18,19,21);1-2,5H,3-4H2/t18-;11-;/m00./s1. The molecule has 0 saturated carbocycles. The third kappa shape index (κ3) is 20.1. The molecule has 0 unspecified atom stereocenters. The quantitative estimate of drug-likeness (QED) is 0.0552. The first-order valence-corrected chi connectivity index (χ1v) is 24.6. The molecule has 0 saturated heterocycles. The third-order valence-corrected chi connectivity index (χ3v) is 10.9. The molecule has 23 heteroatoms. The van der Waals surface area contributed by atoms with Gasteiger partial charge in [0.2, 0.25) is 22.4 Å². The number of benzene rings is 2. The number of anilines is 2. The zero-order valence-electron chi connectivity index (χ0n) is 42.8. The van der Waals surface area contributed by atoms with E-state index >= 15 is 0 Å². The lowest BCUT2D eigenvalue weighted by atomic mass is 10.1. The fraction of sp³-hybridized carbons (Fsp3) is 0.480. The zero-order valence-corrected chi connectivity index (χ0v) is 45.1. The number of carbonyl (C=O) groups excluding carboxylic acids is 6. The second kappa shape index (κ2) is 27.5. The maximum Gasteiger partial charge on any atom is 0.408 e. The maximum atomic E-state index is 13.5. The van der Waals surface area contributed by atoms with Gasteiger partial charge in [-0.1, -0.05) is 0 Å². The molecule has 6 rings (SSSR count). The number of halogens is 3. The molecule has 0 spiro atoms. The van der Waals surface area contributed by atoms with E-state index in [1.807, 2.05) is 6.07 Å². The topological polar surface area (TPSA) is 237 Å². The number of nitrogens with zero attached hydrogens (tertiary/aromatic N) is 7. The molecule has 2 atom stereocenters. The number of ether oxygens (including phenoxy) is 4. The molecular formula is C50H65Cl3N10O10. The number of alkyl carbamates (subject to hydrolysis) is 2. The summed E-state index contributed by atoms with van der Waals surface area (Å²) < 4.78 is 21.4. The minimum absolute atomic E-state index is 0.0138. The van der Waals surface area contributed by atoms with E-state index in [2.05, 4.69) is 35.9 Å². The number of aromatic nitrogens is 4. The number of fused-ring (bicyclic) bond motifs is 2. The van der Waals surface area contributed by atoms with Crippen LogP contribution in [0.2, 0.25) is 10.6 Å². The highest BCUT2D eigenvalue weighted by molar-refractivity contribution is 6.67. The highest BCUT2D eigenvalue weighted by Gasteiger charge is 2.28. The largest absolute Gasteiger partial charge is 0.493 e. The number of nitrogens with one attached hydrogen (secondary N) is 3. The highest BCUT2D eigenvalue weighted by Crippen LogP contribution is 2.28. The average Bonchev–Trinajstić information content (AvgIpc) is 3.99. The smallest absolute Gasteiger partial charge is 0.408 e. The van der Waals surface area contributed by atoms with Gasteiger partial charge in [0.05, 0.1) is 13.2 Å². The Bertz CT molecular complexity index is 2560. The van der Waals surface area contributed by atoms with E-state index in [9.17, 15) is 28.8 Å². The molecule has 4 heterocycles. The van der Waals surface area contributed by atoms with Crippen LogP contribution < -0.4 is 30.3 Å². The Balaban J connectivity index is 0.000000268. The van der Waals surface area contributed by atoms with Gasteiger partial charge in [0.25, 0.3) is 11.1 Å². The van der Waals surface area contributed by atoms with Crippen LogP contribution in [0.15, 0.2) is 60.9 Å². The van der Waals surface area contributed by atoms with Crippen LogP contribution in [0.5, 0.6) is 11.5 Å². The normalized spacial score (nSPS) is 13.0. The van der Waals surface area contributed by atoms with E-state index in [4.69, 9.17) is 53.8 Å². The predicted octanol–water partition coefficient (Wildman–Crippen LogP) is 7.78. The average molecular weight is 1070 g/mol. The molecule has 2 aromatic carbocycles. The fourth-order valence-corrected chi connectivity index (χ4v) is 7.44. The van der Waals surface area contributed by atoms with Crippen molar-refractivity contribution in [1.29, 1.82) is 0 Å². The van der Waals surface area contributed by atoms with Crippen LogP contribution in [-0.2, 0) is 31.9 Å². The Hall–Kier alpha value is -6.51. The van der Waals surface area contributed by atoms with Gasteiger partial charge in [0, 0.05) is 77.6 Å². The Morgan fingerprint density at radius 2 is 1.15 bits per heavy atom. The van der Waals surface area contributed by atoms with Crippen LogP contribution in [0, 0.1) is 0 Å². The van der Waals surface area contributed by atoms with Gasteiger partial charge in [-0.25, -0.2) is 29.5 Å². The lowest BCUT2D eigenvalue weighted by molar-refractivity contribution is -0.131. The summed E-state index contributed by atoms with van der Waals surface area (Å²) in [6.07, 6.45) is 5.11. The summed E-state index contributed by atoms with van der Waals surface area (Å²) in [5, 5.41) is 8.15. The van der Waals surface area contributed by atoms with E-state index in [-0.39, 0.29) is 41.3 Å². The molecule has 0 aliphatic carbocycles. The molecule has 2 aliphatic rings. The molecule has 5 amide bonds. The van der Waals surface area contributed by atoms with Crippen molar-refractivity contribution in [1.82, 2.24) is 40.4 Å². The summed E-state index contributed by atoms with van der Waals surface area (Å²) in [5.74, 6) is 1.87. The summed E-state index contributed by atoms with van der Waals surface area (Å²) >= 11 is 17.0. The minimum atomic E-state index is -0.821. The Morgan fingerprint density at radius 1 is 0.671 bits per heavy atom. The monoisotopic (exact) mass is 1070 g/mol. The van der Waals surface area contributed by atoms with E-state index in [1.165, 1.54) is 20.9 Å². The summed E-state index contributed by atoms with van der Waals surface area (Å²) in [4.78, 5) is 93.8. The van der Waals surface area contributed by atoms with Crippen LogP contribution in [0.1, 0.15) is 99.1 Å². The summed E-state index contributed by atoms with van der Waals surface area (Å²) in [6, 6.07) is 12.4. The molecule has 2 aliphatic heterocycles. The molecule has 0 fully saturated rings. The summed E-state index contributed by atoms with van der Waals surface area (Å²) in [7, 11) is 6.52. The second-order valence-electron chi connectivity index (χ2n) is 19.0. The third-order valence-electron chi connectivity index (χ3n) is 10.3. The number of carbonyl (C=O) groups is 6. The number of hydrogen-bond donors (Lipinski definition) is 3. The Labute approximate surface area is 441 Å². The highest BCUT2D eigenvalue weighted by atomic mass is 35.5. The fourth-order valence-electron chi connectivity index (χ4n) is 7.03. The Kier molecular flexibility index (Phi) is 22.3. The summed E-state index contributed by atoms with van der Waals surface area (Å²) in [6.45, 7) is 12.6. The second-order valence-corrected chi connectivity index (χ2v) is 20.1. The van der Waals surface area contributed by atoms with Gasteiger partial charge in [0.1, 0.15) is 46.4 Å². The number of likely N-dealkylation sites (N-methyl/N-ethyl adjacent to an activating group) is 2. The summed E-state index contributed by atoms with van der Waals surface area (Å²) in [5.41, 5.74) is 1.75. The zero-order chi connectivity index (χ0) is 54.0. The maximum absolute atomic E-state index is 13.5. The number of rotatable bonds is 16. The van der Waals surface area contributed by atoms with Crippen molar-refractivity contribution in [3.8, 4) is 11.5 Å². The van der Waals surface area contributed by atoms with Gasteiger partial charge < -0.3 is 44.7 Å². The molecule has 4 aromatic rings. The molecule has 0 radical (unpaired) electrons. The first-order chi connectivity index (χ1) is 34.3. The van der Waals surface area contributed by atoms with E-state index in [1.54, 1.807) is 118 Å². The van der Waals surface area contributed by atoms with Crippen LogP contribution in [0.3, 0.4) is 0 Å². The van der Waals surface area contributed by atoms with E-state index < -0.39 is 40.7 Å². The number of amides is 5. The molecule has 2 aromatic heterocycles. The Morgan fingerprint density at radius 3 is 1.63 bits per heavy atom. The molecule has 20 nitrogen and oxygen atoms in total. The van der Waals surface area contributed by atoms with Gasteiger partial charge in [0.15, 0.2) is 0 Å². The van der Waals surface area contributed by atoms with Gasteiger partial charge in [-0.3, -0.25) is 24.1 Å². The van der Waals surface area contributed by atoms with Crippen LogP contribution >= 0.6 is 34.8 Å². The lowest BCUT2D eigenvalue weighted by Gasteiger charge is -2.26. The van der Waals surface area contributed by atoms with Crippen molar-refractivity contribution in [2.45, 2.75) is 103 Å². The van der Waals surface area contributed by atoms with Crippen molar-refractivity contribution in [2.24, 2.45) is 0 Å². The number of hydrogen-bond acceptors (Lipinski definition) is 15. The predicted molar refractivity (Wildman–Crippen MR) is 278 cm³/mol. The van der Waals surface area contributed by atoms with Gasteiger partial charge in [-0.15, -0.1) is 0 Å². The molecule has 73 heavy (non-hydrogen) atoms. The van der Waals surface area contributed by atoms with Gasteiger partial charge >= 0.3 is 12.2 Å². The van der Waals surface area contributed by atoms with E-state index in [0.717, 1.165) is 35.5 Å². The van der Waals surface area contributed by atoms with Crippen LogP contribution in [0.4, 0.5) is 21.2 Å². The van der Waals surface area contributed by atoms with Crippen LogP contribution in [0.25, 0.3) is 0 Å². The molecular weight excluding hydrogens is 1010 g/mol. The van der Waals surface area contributed by atoms with Gasteiger partial charge in [-0.05, 0) is 162 Å². The minimum Gasteiger partial charge on any atom is -0.493 e. The van der Waals surface area contributed by atoms with Crippen molar-refractivity contribution in [3.05, 3.63) is 93.7 Å². The van der Waals surface area contributed by atoms with Crippen molar-refractivity contribution in [2.75, 3.05) is 64.7 Å². The first kappa shape index (κ1) is 59.1. The van der Waals surface area contributed by atoms with Crippen molar-refractivity contribution >= 4 is 81.6 Å².